The van der Waals surface area contributed by atoms with Gasteiger partial charge in [-0.3, -0.25) is 4.79 Å². The Morgan fingerprint density at radius 2 is 1.18 bits per heavy atom. The van der Waals surface area contributed by atoms with Crippen LogP contribution in [0.15, 0.2) is 42.5 Å². The van der Waals surface area contributed by atoms with E-state index in [0.29, 0.717) is 12.2 Å². The van der Waals surface area contributed by atoms with Crippen LogP contribution in [0.4, 0.5) is 4.39 Å². The van der Waals surface area contributed by atoms with Gasteiger partial charge in [-0.05, 0) is 49.2 Å². The number of ether oxygens (including phenoxy) is 3. The van der Waals surface area contributed by atoms with Crippen LogP contribution in [0.2, 0.25) is 0 Å². The van der Waals surface area contributed by atoms with Gasteiger partial charge in [0.2, 0.25) is 0 Å². The molecule has 0 aromatic heterocycles. The molecule has 0 aliphatic heterocycles. The van der Waals surface area contributed by atoms with E-state index in [0.717, 1.165) is 44.6 Å². The Hall–Kier alpha value is -3.22. The molecule has 0 unspecified atom stereocenters. The summed E-state index contributed by atoms with van der Waals surface area (Å²) in [5.74, 6) is -2.40. The first-order chi connectivity index (χ1) is 19.4. The van der Waals surface area contributed by atoms with Crippen molar-refractivity contribution in [3.05, 3.63) is 59.4 Å². The van der Waals surface area contributed by atoms with Crippen molar-refractivity contribution in [2.75, 3.05) is 6.61 Å². The summed E-state index contributed by atoms with van der Waals surface area (Å²) in [6.45, 7) is 4.73. The standard InChI is InChI=1S/C33H45FO6/c1-3-5-7-9-11-13-15-17-31(35)39-28-22-23-29(30(34)25-28)33(37)40-27-20-18-26(19-21-27)32(36)38-24-16-14-12-10-8-6-4-2/h18-23,25H,3-17,24H2,1-2H3. The van der Waals surface area contributed by atoms with Crippen molar-refractivity contribution in [1.29, 1.82) is 0 Å². The highest BCUT2D eigenvalue weighted by Crippen LogP contribution is 2.21. The molecule has 0 spiro atoms. The fourth-order valence-corrected chi connectivity index (χ4v) is 4.26. The summed E-state index contributed by atoms with van der Waals surface area (Å²) >= 11 is 0. The van der Waals surface area contributed by atoms with E-state index in [2.05, 4.69) is 13.8 Å². The molecule has 0 heterocycles. The fourth-order valence-electron chi connectivity index (χ4n) is 4.26. The van der Waals surface area contributed by atoms with Gasteiger partial charge in [0.25, 0.3) is 0 Å². The Balaban J connectivity index is 1.73. The predicted molar refractivity (Wildman–Crippen MR) is 154 cm³/mol. The molecule has 2 rings (SSSR count). The molecule has 0 aliphatic rings. The summed E-state index contributed by atoms with van der Waals surface area (Å²) < 4.78 is 30.4. The number of unbranched alkanes of at least 4 members (excludes halogenated alkanes) is 12. The van der Waals surface area contributed by atoms with Gasteiger partial charge >= 0.3 is 17.9 Å². The van der Waals surface area contributed by atoms with Crippen molar-refractivity contribution in [3.8, 4) is 11.5 Å². The first-order valence-corrected chi connectivity index (χ1v) is 14.9. The highest BCUT2D eigenvalue weighted by molar-refractivity contribution is 5.92. The predicted octanol–water partition coefficient (Wildman–Crippen LogP) is 9.00. The Kier molecular flexibility index (Phi) is 16.3. The minimum Gasteiger partial charge on any atom is -0.462 e. The molecule has 2 aromatic rings. The second-order valence-corrected chi connectivity index (χ2v) is 10.2. The van der Waals surface area contributed by atoms with Gasteiger partial charge in [-0.2, -0.15) is 0 Å². The summed E-state index contributed by atoms with van der Waals surface area (Å²) in [5, 5.41) is 0. The molecular weight excluding hydrogens is 511 g/mol. The molecule has 0 N–H and O–H groups in total. The molecule has 220 valence electrons. The lowest BCUT2D eigenvalue weighted by molar-refractivity contribution is -0.134. The maximum Gasteiger partial charge on any atom is 0.346 e. The molecule has 40 heavy (non-hydrogen) atoms. The number of benzene rings is 2. The topological polar surface area (TPSA) is 78.9 Å². The zero-order valence-electron chi connectivity index (χ0n) is 24.2. The first-order valence-electron chi connectivity index (χ1n) is 14.9. The quantitative estimate of drug-likeness (QED) is 0.0920. The zero-order chi connectivity index (χ0) is 29.0. The number of hydrogen-bond acceptors (Lipinski definition) is 6. The van der Waals surface area contributed by atoms with Gasteiger partial charge in [0, 0.05) is 12.5 Å². The number of carbonyl (C=O) groups excluding carboxylic acids is 3. The average Bonchev–Trinajstić information content (AvgIpc) is 2.94. The van der Waals surface area contributed by atoms with Crippen LogP contribution < -0.4 is 9.47 Å². The Morgan fingerprint density at radius 3 is 1.77 bits per heavy atom. The van der Waals surface area contributed by atoms with Crippen LogP contribution in [0.3, 0.4) is 0 Å². The van der Waals surface area contributed by atoms with Crippen LogP contribution >= 0.6 is 0 Å². The summed E-state index contributed by atoms with van der Waals surface area (Å²) in [7, 11) is 0. The molecular formula is C33H45FO6. The van der Waals surface area contributed by atoms with E-state index >= 15 is 0 Å². The number of esters is 3. The van der Waals surface area contributed by atoms with E-state index in [-0.39, 0.29) is 23.5 Å². The van der Waals surface area contributed by atoms with Gasteiger partial charge in [-0.25, -0.2) is 14.0 Å². The van der Waals surface area contributed by atoms with Crippen molar-refractivity contribution in [1.82, 2.24) is 0 Å². The van der Waals surface area contributed by atoms with Crippen molar-refractivity contribution in [3.63, 3.8) is 0 Å². The number of rotatable bonds is 20. The third kappa shape index (κ3) is 13.2. The molecule has 6 nitrogen and oxygen atoms in total. The fraction of sp³-hybridized carbons (Fsp3) is 0.545. The van der Waals surface area contributed by atoms with Gasteiger partial charge in [-0.1, -0.05) is 90.9 Å². The second kappa shape index (κ2) is 19.8. The van der Waals surface area contributed by atoms with E-state index in [9.17, 15) is 18.8 Å². The van der Waals surface area contributed by atoms with Crippen LogP contribution in [0.1, 0.15) is 131 Å². The van der Waals surface area contributed by atoms with E-state index in [1.807, 2.05) is 0 Å². The van der Waals surface area contributed by atoms with Crippen LogP contribution in [0.25, 0.3) is 0 Å². The molecule has 0 saturated carbocycles. The van der Waals surface area contributed by atoms with Gasteiger partial charge in [0.15, 0.2) is 0 Å². The largest absolute Gasteiger partial charge is 0.462 e. The third-order valence-corrected chi connectivity index (χ3v) is 6.66. The van der Waals surface area contributed by atoms with Gasteiger partial charge in [0.1, 0.15) is 17.3 Å². The van der Waals surface area contributed by atoms with Crippen molar-refractivity contribution in [2.24, 2.45) is 0 Å². The molecule has 0 radical (unpaired) electrons. The van der Waals surface area contributed by atoms with E-state index < -0.39 is 23.7 Å². The number of hydrogen-bond donors (Lipinski definition) is 0. The summed E-state index contributed by atoms with van der Waals surface area (Å²) in [4.78, 5) is 36.8. The smallest absolute Gasteiger partial charge is 0.346 e. The number of carbonyl (C=O) groups is 3. The van der Waals surface area contributed by atoms with Crippen LogP contribution in [-0.2, 0) is 9.53 Å². The van der Waals surface area contributed by atoms with Crippen LogP contribution in [0, 0.1) is 5.82 Å². The molecule has 0 amide bonds. The highest BCUT2D eigenvalue weighted by Gasteiger charge is 2.17. The molecule has 0 aliphatic carbocycles. The molecule has 0 bridgehead atoms. The lowest BCUT2D eigenvalue weighted by atomic mass is 10.1. The minimum atomic E-state index is -0.896. The van der Waals surface area contributed by atoms with Crippen molar-refractivity contribution < 1.29 is 33.0 Å². The SMILES string of the molecule is CCCCCCCCCOC(=O)c1ccc(OC(=O)c2ccc(OC(=O)CCCCCCCCC)cc2F)cc1. The van der Waals surface area contributed by atoms with Crippen LogP contribution in [-0.4, -0.2) is 24.5 Å². The average molecular weight is 557 g/mol. The Morgan fingerprint density at radius 1 is 0.625 bits per heavy atom. The lowest BCUT2D eigenvalue weighted by Gasteiger charge is -2.09. The molecule has 7 heteroatoms. The molecule has 0 saturated heterocycles. The first kappa shape index (κ1) is 33.0. The van der Waals surface area contributed by atoms with Gasteiger partial charge < -0.3 is 14.2 Å². The maximum atomic E-state index is 14.6. The van der Waals surface area contributed by atoms with Gasteiger partial charge in [0.05, 0.1) is 17.7 Å². The lowest BCUT2D eigenvalue weighted by Crippen LogP contribution is -2.12. The van der Waals surface area contributed by atoms with Gasteiger partial charge in [-0.15, -0.1) is 0 Å². The number of halogens is 1. The van der Waals surface area contributed by atoms with E-state index in [4.69, 9.17) is 14.2 Å². The summed E-state index contributed by atoms with van der Waals surface area (Å²) in [6.07, 6.45) is 15.8. The molecule has 0 fully saturated rings. The minimum absolute atomic E-state index is 0.0429. The maximum absolute atomic E-state index is 14.6. The van der Waals surface area contributed by atoms with Crippen LogP contribution in [0.5, 0.6) is 11.5 Å². The third-order valence-electron chi connectivity index (χ3n) is 6.66. The zero-order valence-corrected chi connectivity index (χ0v) is 24.2. The van der Waals surface area contributed by atoms with Crippen molar-refractivity contribution >= 4 is 17.9 Å². The van der Waals surface area contributed by atoms with E-state index in [1.54, 1.807) is 0 Å². The van der Waals surface area contributed by atoms with Crippen molar-refractivity contribution in [2.45, 2.75) is 110 Å². The Bertz CT molecular complexity index is 1030. The Labute approximate surface area is 238 Å². The summed E-state index contributed by atoms with van der Waals surface area (Å²) in [5.41, 5.74) is 0.0571. The highest BCUT2D eigenvalue weighted by atomic mass is 19.1. The molecule has 0 atom stereocenters. The second-order valence-electron chi connectivity index (χ2n) is 10.2. The normalized spacial score (nSPS) is 10.8. The monoisotopic (exact) mass is 556 g/mol. The van der Waals surface area contributed by atoms with E-state index in [1.165, 1.54) is 87.8 Å². The summed E-state index contributed by atoms with van der Waals surface area (Å²) in [6, 6.07) is 9.51. The molecule has 2 aromatic carbocycles.